The van der Waals surface area contributed by atoms with Crippen molar-refractivity contribution in [2.24, 2.45) is 0 Å². The van der Waals surface area contributed by atoms with E-state index in [1.807, 2.05) is 12.1 Å². The maximum atomic E-state index is 14.5. The number of anilines is 1. The van der Waals surface area contributed by atoms with Crippen LogP contribution in [0.15, 0.2) is 61.2 Å². The zero-order chi connectivity index (χ0) is 26.4. The summed E-state index contributed by atoms with van der Waals surface area (Å²) < 4.78 is 39.8. The molecule has 5 N–H and O–H groups in total. The molecule has 0 aliphatic rings. The van der Waals surface area contributed by atoms with Crippen LogP contribution in [0.5, 0.6) is 0 Å². The summed E-state index contributed by atoms with van der Waals surface area (Å²) in [5, 5.41) is 8.04. The number of halogens is 1. The van der Waals surface area contributed by atoms with Gasteiger partial charge in [-0.25, -0.2) is 27.5 Å². The smallest absolute Gasteiger partial charge is 0.209 e. The molecule has 0 spiro atoms. The number of imidazole rings is 1. The highest BCUT2D eigenvalue weighted by atomic mass is 32.2. The number of nitrogens with two attached hydrogens (primary N) is 1. The van der Waals surface area contributed by atoms with E-state index in [1.165, 1.54) is 12.1 Å². The van der Waals surface area contributed by atoms with Crippen LogP contribution in [0, 0.1) is 5.82 Å². The predicted octanol–water partition coefficient (Wildman–Crippen LogP) is 3.40. The Morgan fingerprint density at radius 2 is 1.87 bits per heavy atom. The lowest BCUT2D eigenvalue weighted by Crippen LogP contribution is -2.21. The molecule has 0 amide bonds. The predicted molar refractivity (Wildman–Crippen MR) is 141 cm³/mol. The topological polar surface area (TPSA) is 168 Å². The highest BCUT2D eigenvalue weighted by Gasteiger charge is 2.17. The number of aromatic amines is 2. The minimum absolute atomic E-state index is 0.0521. The van der Waals surface area contributed by atoms with Gasteiger partial charge in [-0.3, -0.25) is 15.1 Å². The zero-order valence-corrected chi connectivity index (χ0v) is 20.7. The van der Waals surface area contributed by atoms with Crippen molar-refractivity contribution in [3.8, 4) is 33.9 Å². The maximum absolute atomic E-state index is 14.5. The number of hydrogen-bond acceptors (Lipinski definition) is 8. The molecule has 0 aliphatic heterocycles. The molecule has 0 aliphatic carbocycles. The fourth-order valence-corrected chi connectivity index (χ4v) is 4.65. The van der Waals surface area contributed by atoms with Gasteiger partial charge in [-0.15, -0.1) is 0 Å². The fraction of sp³-hybridized carbons (Fsp3) is 0.0800. The van der Waals surface area contributed by atoms with Gasteiger partial charge in [-0.1, -0.05) is 0 Å². The van der Waals surface area contributed by atoms with E-state index in [9.17, 15) is 12.8 Å². The van der Waals surface area contributed by atoms with Crippen molar-refractivity contribution in [3.63, 3.8) is 0 Å². The highest BCUT2D eigenvalue weighted by Crippen LogP contribution is 2.32. The minimum atomic E-state index is -3.44. The molecule has 0 radical (unpaired) electrons. The normalized spacial score (nSPS) is 11.9. The van der Waals surface area contributed by atoms with E-state index in [0.717, 1.165) is 22.8 Å². The maximum Gasteiger partial charge on any atom is 0.209 e. The van der Waals surface area contributed by atoms with Crippen molar-refractivity contribution < 1.29 is 12.8 Å². The Balaban J connectivity index is 1.43. The molecule has 190 valence electrons. The summed E-state index contributed by atoms with van der Waals surface area (Å²) in [5.41, 5.74) is 11.7. The van der Waals surface area contributed by atoms with Crippen LogP contribution in [0.2, 0.25) is 0 Å². The first kappa shape index (κ1) is 23.6. The van der Waals surface area contributed by atoms with Gasteiger partial charge in [0.25, 0.3) is 0 Å². The standard InChI is InChI=1S/C25H20FN9O2S/c1-38(36,37)31-9-13-4-14(6-17(26)5-13)21-23-20(2-3-29-21)32-25(33-23)22-19-8-16(11-30-24(19)35-34-22)15-7-18(27)12-28-10-15/h2-8,10-12,31H,9,27H2,1H3,(H,32,33)(H,30,34,35). The van der Waals surface area contributed by atoms with Crippen molar-refractivity contribution in [2.45, 2.75) is 6.54 Å². The molecule has 11 nitrogen and oxygen atoms in total. The second-order valence-electron chi connectivity index (χ2n) is 8.78. The third-order valence-corrected chi connectivity index (χ3v) is 6.58. The molecule has 0 atom stereocenters. The molecule has 0 saturated carbocycles. The van der Waals surface area contributed by atoms with E-state index >= 15 is 0 Å². The molecule has 5 aromatic heterocycles. The quantitative estimate of drug-likeness (QED) is 0.254. The molecular weight excluding hydrogens is 509 g/mol. The number of pyridine rings is 3. The second-order valence-corrected chi connectivity index (χ2v) is 10.6. The van der Waals surface area contributed by atoms with E-state index in [-0.39, 0.29) is 6.54 Å². The first-order chi connectivity index (χ1) is 18.2. The van der Waals surface area contributed by atoms with Crippen LogP contribution < -0.4 is 10.5 Å². The van der Waals surface area contributed by atoms with Crippen molar-refractivity contribution in [1.82, 2.24) is 39.8 Å². The molecule has 1 aromatic carbocycles. The lowest BCUT2D eigenvalue weighted by Gasteiger charge is -2.07. The number of nitrogens with zero attached hydrogens (tertiary/aromatic N) is 5. The van der Waals surface area contributed by atoms with Gasteiger partial charge in [0, 0.05) is 48.0 Å². The lowest BCUT2D eigenvalue weighted by atomic mass is 10.1. The van der Waals surface area contributed by atoms with E-state index < -0.39 is 15.8 Å². The Kier molecular flexibility index (Phi) is 5.58. The SMILES string of the molecule is CS(=O)(=O)NCc1cc(F)cc(-c2nccc3[nH]c(-c4[nH]nc5ncc(-c6cncc(N)c6)cc45)nc23)c1. The Bertz CT molecular complexity index is 1950. The minimum Gasteiger partial charge on any atom is -0.397 e. The van der Waals surface area contributed by atoms with E-state index in [0.29, 0.717) is 50.7 Å². The third-order valence-electron chi connectivity index (χ3n) is 5.91. The number of sulfonamides is 1. The largest absolute Gasteiger partial charge is 0.397 e. The average molecular weight is 530 g/mol. The van der Waals surface area contributed by atoms with Gasteiger partial charge in [0.05, 0.1) is 28.5 Å². The molecule has 38 heavy (non-hydrogen) atoms. The van der Waals surface area contributed by atoms with Crippen molar-refractivity contribution in [1.29, 1.82) is 0 Å². The fourth-order valence-electron chi connectivity index (χ4n) is 4.22. The Hall–Kier alpha value is -4.75. The highest BCUT2D eigenvalue weighted by molar-refractivity contribution is 7.88. The number of H-pyrrole nitrogens is 2. The van der Waals surface area contributed by atoms with E-state index in [4.69, 9.17) is 10.7 Å². The van der Waals surface area contributed by atoms with Gasteiger partial charge in [0.2, 0.25) is 10.0 Å². The van der Waals surface area contributed by atoms with Crippen molar-refractivity contribution in [3.05, 3.63) is 72.6 Å². The molecule has 5 heterocycles. The molecule has 6 rings (SSSR count). The van der Waals surface area contributed by atoms with Crippen LogP contribution in [0.25, 0.3) is 56.0 Å². The number of aromatic nitrogens is 7. The summed E-state index contributed by atoms with van der Waals surface area (Å²) in [4.78, 5) is 21.1. The van der Waals surface area contributed by atoms with Crippen LogP contribution in [-0.2, 0) is 16.6 Å². The van der Waals surface area contributed by atoms with Crippen molar-refractivity contribution in [2.75, 3.05) is 12.0 Å². The summed E-state index contributed by atoms with van der Waals surface area (Å²) in [5.74, 6) is -0.0201. The summed E-state index contributed by atoms with van der Waals surface area (Å²) in [6.07, 6.45) is 7.62. The summed E-state index contributed by atoms with van der Waals surface area (Å²) >= 11 is 0. The molecule has 13 heteroatoms. The monoisotopic (exact) mass is 529 g/mol. The average Bonchev–Trinajstić information content (AvgIpc) is 3.50. The number of benzene rings is 1. The number of fused-ring (bicyclic) bond motifs is 2. The van der Waals surface area contributed by atoms with Crippen LogP contribution in [0.4, 0.5) is 10.1 Å². The van der Waals surface area contributed by atoms with Crippen LogP contribution >= 0.6 is 0 Å². The molecule has 0 bridgehead atoms. The Labute approximate surface area is 215 Å². The van der Waals surface area contributed by atoms with Crippen LogP contribution in [0.1, 0.15) is 5.56 Å². The van der Waals surface area contributed by atoms with Gasteiger partial charge < -0.3 is 10.7 Å². The van der Waals surface area contributed by atoms with Crippen molar-refractivity contribution >= 4 is 37.8 Å². The zero-order valence-electron chi connectivity index (χ0n) is 19.9. The second kappa shape index (κ2) is 8.97. The lowest BCUT2D eigenvalue weighted by molar-refractivity contribution is 0.586. The van der Waals surface area contributed by atoms with Gasteiger partial charge in [0.15, 0.2) is 11.5 Å². The van der Waals surface area contributed by atoms with Gasteiger partial charge in [0.1, 0.15) is 17.0 Å². The first-order valence-corrected chi connectivity index (χ1v) is 13.3. The van der Waals surface area contributed by atoms with Crippen LogP contribution in [-0.4, -0.2) is 49.8 Å². The molecular formula is C25H20FN9O2S. The summed E-state index contributed by atoms with van der Waals surface area (Å²) in [6, 6.07) is 9.79. The molecule has 0 saturated heterocycles. The molecule has 0 fully saturated rings. The van der Waals surface area contributed by atoms with Gasteiger partial charge in [-0.05, 0) is 42.0 Å². The number of rotatable bonds is 6. The van der Waals surface area contributed by atoms with Gasteiger partial charge in [-0.2, -0.15) is 5.10 Å². The van der Waals surface area contributed by atoms with Gasteiger partial charge >= 0.3 is 0 Å². The molecule has 6 aromatic rings. The van der Waals surface area contributed by atoms with E-state index in [2.05, 4.69) is 34.9 Å². The Morgan fingerprint density at radius 1 is 1.03 bits per heavy atom. The summed E-state index contributed by atoms with van der Waals surface area (Å²) in [6.45, 7) is -0.0521. The number of nitrogens with one attached hydrogen (secondary N) is 3. The first-order valence-electron chi connectivity index (χ1n) is 11.4. The number of nitrogen functional groups attached to an aromatic ring is 1. The van der Waals surface area contributed by atoms with Crippen LogP contribution in [0.3, 0.4) is 0 Å². The molecule has 0 unspecified atom stereocenters. The third kappa shape index (κ3) is 4.55. The summed E-state index contributed by atoms with van der Waals surface area (Å²) in [7, 11) is -3.44. The number of hydrogen-bond donors (Lipinski definition) is 4. The Morgan fingerprint density at radius 3 is 2.68 bits per heavy atom. The van der Waals surface area contributed by atoms with E-state index in [1.54, 1.807) is 36.9 Å².